The second kappa shape index (κ2) is 10.4. The molecule has 196 valence electrons. The smallest absolute Gasteiger partial charge is 0.318 e. The molecule has 9 heteroatoms. The molecule has 0 unspecified atom stereocenters. The monoisotopic (exact) mass is 505 g/mol. The largest absolute Gasteiger partial charge is 0.497 e. The number of benzene rings is 1. The van der Waals surface area contributed by atoms with Crippen molar-refractivity contribution in [2.75, 3.05) is 39.9 Å². The van der Waals surface area contributed by atoms with E-state index in [2.05, 4.69) is 21.4 Å². The van der Waals surface area contributed by atoms with Gasteiger partial charge < -0.3 is 29.9 Å². The molecule has 4 heterocycles. The Bertz CT molecular complexity index is 1270. The summed E-state index contributed by atoms with van der Waals surface area (Å²) in [4.78, 5) is 37.7. The summed E-state index contributed by atoms with van der Waals surface area (Å²) in [6.07, 6.45) is 6.06. The lowest BCUT2D eigenvalue weighted by Crippen LogP contribution is -2.57. The Morgan fingerprint density at radius 2 is 2.08 bits per heavy atom. The summed E-state index contributed by atoms with van der Waals surface area (Å²) < 4.78 is 5.44. The van der Waals surface area contributed by atoms with E-state index >= 15 is 0 Å². The number of methoxy groups -OCH3 is 1. The highest BCUT2D eigenvalue weighted by atomic mass is 16.5. The van der Waals surface area contributed by atoms with Crippen molar-refractivity contribution in [3.05, 3.63) is 59.5 Å². The van der Waals surface area contributed by atoms with Gasteiger partial charge in [-0.25, -0.2) is 4.79 Å². The summed E-state index contributed by atoms with van der Waals surface area (Å²) in [6.45, 7) is 4.12. The van der Waals surface area contributed by atoms with Gasteiger partial charge in [-0.15, -0.1) is 0 Å². The molecule has 2 aliphatic rings. The van der Waals surface area contributed by atoms with E-state index in [0.717, 1.165) is 52.7 Å². The average molecular weight is 506 g/mol. The molecular weight excluding hydrogens is 470 g/mol. The standard InChI is InChI=1S/C28H35N5O4/c1-3-10-30-27(36)33-18-28(8-12-32(13-9-28)24(35)14-19-5-4-11-29-16-19)25-21-7-6-20(37-2)15-22(21)31-26(25)23(33)17-34/h4-7,11,15-16,23,31,34H,3,8-10,12-14,17-18H2,1-2H3,(H,30,36)/t23-/m1/s1. The Labute approximate surface area is 216 Å². The molecule has 1 fully saturated rings. The molecule has 9 nitrogen and oxygen atoms in total. The van der Waals surface area contributed by atoms with Crippen LogP contribution < -0.4 is 10.1 Å². The van der Waals surface area contributed by atoms with Crippen LogP contribution in [0.4, 0.5) is 4.79 Å². The first-order valence-electron chi connectivity index (χ1n) is 13.0. The first kappa shape index (κ1) is 25.1. The van der Waals surface area contributed by atoms with Crippen molar-refractivity contribution in [1.29, 1.82) is 0 Å². The van der Waals surface area contributed by atoms with E-state index in [1.165, 1.54) is 0 Å². The van der Waals surface area contributed by atoms with Crippen LogP contribution in [0.2, 0.25) is 0 Å². The zero-order valence-electron chi connectivity index (χ0n) is 21.5. The molecule has 2 aliphatic heterocycles. The van der Waals surface area contributed by atoms with E-state index < -0.39 is 6.04 Å². The quantitative estimate of drug-likeness (QED) is 0.477. The molecule has 1 spiro atoms. The van der Waals surface area contributed by atoms with Crippen molar-refractivity contribution in [2.24, 2.45) is 0 Å². The Kier molecular flexibility index (Phi) is 7.06. The maximum atomic E-state index is 13.3. The van der Waals surface area contributed by atoms with Crippen molar-refractivity contribution in [3.8, 4) is 5.75 Å². The van der Waals surface area contributed by atoms with Gasteiger partial charge in [0.2, 0.25) is 5.91 Å². The summed E-state index contributed by atoms with van der Waals surface area (Å²) in [5.74, 6) is 0.836. The molecule has 1 aromatic carbocycles. The SMILES string of the molecule is CCCNC(=O)N1CC2(CCN(C(=O)Cc3cccnc3)CC2)c2c([nH]c3cc(OC)ccc23)[C@H]1CO. The van der Waals surface area contributed by atoms with Crippen LogP contribution in [0.25, 0.3) is 10.9 Å². The predicted octanol–water partition coefficient (Wildman–Crippen LogP) is 3.14. The number of H-pyrrole nitrogens is 1. The third-order valence-corrected chi connectivity index (χ3v) is 7.86. The van der Waals surface area contributed by atoms with Crippen LogP contribution in [0, 0.1) is 0 Å². The van der Waals surface area contributed by atoms with Crippen LogP contribution in [-0.2, 0) is 16.6 Å². The number of fused-ring (bicyclic) bond motifs is 4. The molecule has 0 aliphatic carbocycles. The number of aliphatic hydroxyl groups is 1. The molecule has 2 aromatic heterocycles. The molecule has 1 atom stereocenters. The molecule has 1 saturated heterocycles. The Hall–Kier alpha value is -3.59. The lowest BCUT2D eigenvalue weighted by atomic mass is 9.68. The highest BCUT2D eigenvalue weighted by molar-refractivity contribution is 5.89. The van der Waals surface area contributed by atoms with Gasteiger partial charge in [-0.3, -0.25) is 9.78 Å². The number of urea groups is 1. The topological polar surface area (TPSA) is 111 Å². The minimum absolute atomic E-state index is 0.0910. The van der Waals surface area contributed by atoms with Crippen molar-refractivity contribution in [1.82, 2.24) is 25.1 Å². The minimum Gasteiger partial charge on any atom is -0.497 e. The van der Waals surface area contributed by atoms with Gasteiger partial charge in [-0.05, 0) is 48.6 Å². The number of hydrogen-bond acceptors (Lipinski definition) is 5. The van der Waals surface area contributed by atoms with Gasteiger partial charge in [0.15, 0.2) is 0 Å². The summed E-state index contributed by atoms with van der Waals surface area (Å²) in [6, 6.07) is 9.10. The van der Waals surface area contributed by atoms with E-state index in [1.807, 2.05) is 36.1 Å². The number of carbonyl (C=O) groups is 2. The van der Waals surface area contributed by atoms with Gasteiger partial charge in [0, 0.05) is 66.7 Å². The molecule has 37 heavy (non-hydrogen) atoms. The fraction of sp³-hybridized carbons (Fsp3) is 0.464. The third-order valence-electron chi connectivity index (χ3n) is 7.86. The number of aliphatic hydroxyl groups excluding tert-OH is 1. The molecule has 5 rings (SSSR count). The van der Waals surface area contributed by atoms with Crippen LogP contribution in [0.1, 0.15) is 49.0 Å². The Morgan fingerprint density at radius 1 is 1.27 bits per heavy atom. The molecule has 3 amide bonds. The normalized spacial score (nSPS) is 18.6. The van der Waals surface area contributed by atoms with Crippen molar-refractivity contribution < 1.29 is 19.4 Å². The minimum atomic E-state index is -0.471. The van der Waals surface area contributed by atoms with Gasteiger partial charge in [0.1, 0.15) is 5.75 Å². The first-order valence-corrected chi connectivity index (χ1v) is 13.0. The number of rotatable bonds is 6. The van der Waals surface area contributed by atoms with Crippen molar-refractivity contribution in [2.45, 2.75) is 44.1 Å². The first-order chi connectivity index (χ1) is 18.0. The lowest BCUT2D eigenvalue weighted by Gasteiger charge is -2.50. The number of piperidine rings is 1. The maximum absolute atomic E-state index is 13.3. The number of aromatic amines is 1. The number of ether oxygens (including phenoxy) is 1. The summed E-state index contributed by atoms with van der Waals surface area (Å²) in [7, 11) is 1.64. The molecule has 0 saturated carbocycles. The average Bonchev–Trinajstić information content (AvgIpc) is 3.32. The van der Waals surface area contributed by atoms with E-state index in [9.17, 15) is 14.7 Å². The Morgan fingerprint density at radius 3 is 2.76 bits per heavy atom. The van der Waals surface area contributed by atoms with Crippen molar-refractivity contribution >= 4 is 22.8 Å². The molecular formula is C28H35N5O4. The second-order valence-electron chi connectivity index (χ2n) is 10.1. The fourth-order valence-electron chi connectivity index (χ4n) is 5.93. The summed E-state index contributed by atoms with van der Waals surface area (Å²) in [5.41, 5.74) is 3.53. The molecule has 3 N–H and O–H groups in total. The number of pyridine rings is 1. The zero-order valence-corrected chi connectivity index (χ0v) is 21.5. The van der Waals surface area contributed by atoms with E-state index in [0.29, 0.717) is 32.6 Å². The second-order valence-corrected chi connectivity index (χ2v) is 10.1. The Balaban J connectivity index is 1.48. The number of nitrogens with one attached hydrogen (secondary N) is 2. The van der Waals surface area contributed by atoms with Crippen LogP contribution in [0.15, 0.2) is 42.7 Å². The number of hydrogen-bond donors (Lipinski definition) is 3. The number of aromatic nitrogens is 2. The van der Waals surface area contributed by atoms with E-state index in [-0.39, 0.29) is 24.0 Å². The van der Waals surface area contributed by atoms with Crippen LogP contribution in [0.5, 0.6) is 5.75 Å². The summed E-state index contributed by atoms with van der Waals surface area (Å²) >= 11 is 0. The number of amides is 3. The van der Waals surface area contributed by atoms with Crippen LogP contribution >= 0.6 is 0 Å². The van der Waals surface area contributed by atoms with Crippen LogP contribution in [0.3, 0.4) is 0 Å². The van der Waals surface area contributed by atoms with Gasteiger partial charge in [-0.1, -0.05) is 13.0 Å². The van der Waals surface area contributed by atoms with Gasteiger partial charge >= 0.3 is 6.03 Å². The fourth-order valence-corrected chi connectivity index (χ4v) is 5.93. The lowest BCUT2D eigenvalue weighted by molar-refractivity contribution is -0.132. The number of carbonyl (C=O) groups excluding carboxylic acids is 2. The predicted molar refractivity (Wildman–Crippen MR) is 141 cm³/mol. The van der Waals surface area contributed by atoms with Gasteiger partial charge in [0.25, 0.3) is 0 Å². The number of likely N-dealkylation sites (tertiary alicyclic amines) is 1. The highest BCUT2D eigenvalue weighted by Gasteiger charge is 2.49. The zero-order chi connectivity index (χ0) is 26.0. The number of nitrogens with zero attached hydrogens (tertiary/aromatic N) is 3. The van der Waals surface area contributed by atoms with Crippen molar-refractivity contribution in [3.63, 3.8) is 0 Å². The van der Waals surface area contributed by atoms with E-state index in [4.69, 9.17) is 4.74 Å². The maximum Gasteiger partial charge on any atom is 0.318 e. The van der Waals surface area contributed by atoms with Gasteiger partial charge in [0.05, 0.1) is 26.2 Å². The third kappa shape index (κ3) is 4.64. The molecule has 0 bridgehead atoms. The molecule has 3 aromatic rings. The van der Waals surface area contributed by atoms with Gasteiger partial charge in [-0.2, -0.15) is 0 Å². The van der Waals surface area contributed by atoms with E-state index in [1.54, 1.807) is 24.4 Å². The van der Waals surface area contributed by atoms with Crippen LogP contribution in [-0.4, -0.2) is 76.7 Å². The molecule has 0 radical (unpaired) electrons. The summed E-state index contributed by atoms with van der Waals surface area (Å²) in [5, 5.41) is 14.5. The highest BCUT2D eigenvalue weighted by Crippen LogP contribution is 2.49.